The van der Waals surface area contributed by atoms with E-state index in [2.05, 4.69) is 6.58 Å². The molecule has 0 aromatic rings. The number of carbonyl (C=O) groups is 1. The molecule has 0 aliphatic rings. The molecule has 0 amide bonds. The monoisotopic (exact) mass is 134 g/mol. The summed E-state index contributed by atoms with van der Waals surface area (Å²) in [5.41, 5.74) is 0. The van der Waals surface area contributed by atoms with Crippen LogP contribution in [0.1, 0.15) is 6.92 Å². The Morgan fingerprint density at radius 3 is 1.89 bits per heavy atom. The van der Waals surface area contributed by atoms with Crippen LogP contribution in [0.25, 0.3) is 0 Å². The fourth-order valence-electron chi connectivity index (χ4n) is 0. The van der Waals surface area contributed by atoms with E-state index >= 15 is 0 Å². The van der Waals surface area contributed by atoms with Crippen molar-refractivity contribution in [1.82, 2.24) is 0 Å². The van der Waals surface area contributed by atoms with Crippen molar-refractivity contribution in [3.8, 4) is 0 Å². The molecule has 0 aliphatic carbocycles. The highest BCUT2D eigenvalue weighted by atomic mass is 16.4. The Hall–Kier alpha value is -1.03. The van der Waals surface area contributed by atoms with E-state index in [9.17, 15) is 4.79 Å². The summed E-state index contributed by atoms with van der Waals surface area (Å²) >= 11 is 0. The molecule has 1 atom stereocenters. The number of carboxylic acid groups (broad SMARTS) is 1. The van der Waals surface area contributed by atoms with Gasteiger partial charge < -0.3 is 15.3 Å². The SMILES string of the molecule is C=CO.CC(O)C(=O)O. The molecule has 0 spiro atoms. The van der Waals surface area contributed by atoms with Gasteiger partial charge in [0.25, 0.3) is 0 Å². The summed E-state index contributed by atoms with van der Waals surface area (Å²) in [6.07, 6.45) is -0.481. The molecular formula is C5H10O4. The second-order valence-corrected chi connectivity index (χ2v) is 1.20. The third kappa shape index (κ3) is 19.5. The quantitative estimate of drug-likeness (QED) is 0.446. The van der Waals surface area contributed by atoms with Gasteiger partial charge in [0, 0.05) is 0 Å². The first-order valence-electron chi connectivity index (χ1n) is 2.22. The van der Waals surface area contributed by atoms with E-state index in [0.29, 0.717) is 0 Å². The minimum Gasteiger partial charge on any atom is -0.516 e. The lowest BCUT2D eigenvalue weighted by Crippen LogP contribution is -2.13. The molecule has 0 saturated heterocycles. The van der Waals surface area contributed by atoms with Gasteiger partial charge in [-0.3, -0.25) is 0 Å². The second kappa shape index (κ2) is 6.97. The van der Waals surface area contributed by atoms with Crippen molar-refractivity contribution >= 4 is 5.97 Å². The molecule has 9 heavy (non-hydrogen) atoms. The topological polar surface area (TPSA) is 77.8 Å². The van der Waals surface area contributed by atoms with Crippen LogP contribution in [0.15, 0.2) is 12.8 Å². The van der Waals surface area contributed by atoms with Crippen molar-refractivity contribution < 1.29 is 20.1 Å². The number of aliphatic hydroxyl groups is 2. The molecule has 3 N–H and O–H groups in total. The smallest absolute Gasteiger partial charge is 0.332 e. The number of hydrogen-bond acceptors (Lipinski definition) is 3. The van der Waals surface area contributed by atoms with Crippen molar-refractivity contribution in [1.29, 1.82) is 0 Å². The third-order valence-electron chi connectivity index (χ3n) is 0.357. The normalized spacial score (nSPS) is 10.4. The van der Waals surface area contributed by atoms with E-state index in [1.165, 1.54) is 6.92 Å². The van der Waals surface area contributed by atoms with Crippen LogP contribution in [0.2, 0.25) is 0 Å². The first-order chi connectivity index (χ1) is 4.06. The summed E-state index contributed by atoms with van der Waals surface area (Å²) in [6.45, 7) is 4.11. The molecule has 0 radical (unpaired) electrons. The van der Waals surface area contributed by atoms with E-state index in [1.807, 2.05) is 0 Å². The van der Waals surface area contributed by atoms with Crippen LogP contribution in [0.3, 0.4) is 0 Å². The Labute approximate surface area is 53.1 Å². The molecule has 54 valence electrons. The largest absolute Gasteiger partial charge is 0.516 e. The van der Waals surface area contributed by atoms with E-state index in [4.69, 9.17) is 15.3 Å². The van der Waals surface area contributed by atoms with Crippen molar-refractivity contribution in [2.75, 3.05) is 0 Å². The summed E-state index contributed by atoms with van der Waals surface area (Å²) in [7, 11) is 0. The van der Waals surface area contributed by atoms with Crippen molar-refractivity contribution in [3.05, 3.63) is 12.8 Å². The van der Waals surface area contributed by atoms with Gasteiger partial charge in [-0.25, -0.2) is 4.79 Å². The lowest BCUT2D eigenvalue weighted by Gasteiger charge is -1.89. The van der Waals surface area contributed by atoms with Crippen LogP contribution in [0.4, 0.5) is 0 Å². The first kappa shape index (κ1) is 10.9. The van der Waals surface area contributed by atoms with E-state index in [-0.39, 0.29) is 0 Å². The highest BCUT2D eigenvalue weighted by molar-refractivity contribution is 5.71. The average molecular weight is 134 g/mol. The molecule has 0 heterocycles. The van der Waals surface area contributed by atoms with Gasteiger partial charge in [-0.15, -0.1) is 0 Å². The van der Waals surface area contributed by atoms with Gasteiger partial charge in [-0.1, -0.05) is 6.58 Å². The van der Waals surface area contributed by atoms with Gasteiger partial charge in [0.05, 0.1) is 6.26 Å². The standard InChI is InChI=1S/C3H6O3.C2H4O/c1-2(4)3(5)6;1-2-3/h2,4H,1H3,(H,5,6);2-3H,1H2. The molecule has 4 nitrogen and oxygen atoms in total. The molecule has 0 rings (SSSR count). The van der Waals surface area contributed by atoms with Crippen LogP contribution in [0.5, 0.6) is 0 Å². The molecule has 0 aliphatic heterocycles. The molecule has 0 fully saturated rings. The fraction of sp³-hybridized carbons (Fsp3) is 0.400. The van der Waals surface area contributed by atoms with Crippen LogP contribution in [-0.2, 0) is 4.79 Å². The number of hydrogen-bond donors (Lipinski definition) is 3. The molecular weight excluding hydrogens is 124 g/mol. The molecule has 0 aromatic heterocycles. The predicted octanol–water partition coefficient (Wildman–Crippen LogP) is 0.140. The van der Waals surface area contributed by atoms with Crippen LogP contribution in [0, 0.1) is 0 Å². The highest BCUT2D eigenvalue weighted by Crippen LogP contribution is 1.73. The molecule has 0 saturated carbocycles. The lowest BCUT2D eigenvalue weighted by molar-refractivity contribution is -0.145. The van der Waals surface area contributed by atoms with Gasteiger partial charge in [0.2, 0.25) is 0 Å². The van der Waals surface area contributed by atoms with Gasteiger partial charge in [-0.2, -0.15) is 0 Å². The number of aliphatic carboxylic acids is 1. The minimum atomic E-state index is -1.23. The summed E-state index contributed by atoms with van der Waals surface area (Å²) in [5.74, 6) is -1.19. The van der Waals surface area contributed by atoms with E-state index < -0.39 is 12.1 Å². The summed E-state index contributed by atoms with van der Waals surface area (Å²) in [5, 5.41) is 23.1. The molecule has 0 bridgehead atoms. The Morgan fingerprint density at radius 2 is 1.89 bits per heavy atom. The molecule has 0 aromatic carbocycles. The van der Waals surface area contributed by atoms with Crippen molar-refractivity contribution in [3.63, 3.8) is 0 Å². The maximum Gasteiger partial charge on any atom is 0.332 e. The zero-order chi connectivity index (χ0) is 7.86. The summed E-state index contributed by atoms with van der Waals surface area (Å²) in [4.78, 5) is 9.45. The fourth-order valence-corrected chi connectivity index (χ4v) is 0. The Bertz CT molecular complexity index is 87.0. The maximum absolute atomic E-state index is 9.45. The van der Waals surface area contributed by atoms with E-state index in [1.54, 1.807) is 0 Å². The predicted molar refractivity (Wildman–Crippen MR) is 32.1 cm³/mol. The third-order valence-corrected chi connectivity index (χ3v) is 0.357. The summed E-state index contributed by atoms with van der Waals surface area (Å²) in [6, 6.07) is 0. The lowest BCUT2D eigenvalue weighted by atomic mass is 10.4. The number of carboxylic acids is 1. The number of rotatable bonds is 1. The highest BCUT2D eigenvalue weighted by Gasteiger charge is 2.01. The van der Waals surface area contributed by atoms with Crippen molar-refractivity contribution in [2.45, 2.75) is 13.0 Å². The Morgan fingerprint density at radius 1 is 1.78 bits per heavy atom. The minimum absolute atomic E-state index is 0.750. The first-order valence-corrected chi connectivity index (χ1v) is 2.22. The van der Waals surface area contributed by atoms with Gasteiger partial charge >= 0.3 is 5.97 Å². The second-order valence-electron chi connectivity index (χ2n) is 1.20. The molecule has 4 heteroatoms. The number of aliphatic hydroxyl groups excluding tert-OH is 2. The van der Waals surface area contributed by atoms with Crippen LogP contribution < -0.4 is 0 Å². The Balaban J connectivity index is 0. The maximum atomic E-state index is 9.45. The molecule has 1 unspecified atom stereocenters. The van der Waals surface area contributed by atoms with Gasteiger partial charge in [0.1, 0.15) is 6.10 Å². The average Bonchev–Trinajstić information content (AvgIpc) is 1.68. The van der Waals surface area contributed by atoms with Crippen molar-refractivity contribution in [2.24, 2.45) is 0 Å². The summed E-state index contributed by atoms with van der Waals surface area (Å²) < 4.78 is 0. The van der Waals surface area contributed by atoms with Crippen LogP contribution in [-0.4, -0.2) is 27.4 Å². The zero-order valence-corrected chi connectivity index (χ0v) is 5.11. The van der Waals surface area contributed by atoms with Crippen LogP contribution >= 0.6 is 0 Å². The Kier molecular flexibility index (Phi) is 8.41. The van der Waals surface area contributed by atoms with Gasteiger partial charge in [0.15, 0.2) is 0 Å². The van der Waals surface area contributed by atoms with Gasteiger partial charge in [-0.05, 0) is 6.92 Å². The van der Waals surface area contributed by atoms with E-state index in [0.717, 1.165) is 6.26 Å². The zero-order valence-electron chi connectivity index (χ0n) is 5.11.